The van der Waals surface area contributed by atoms with Gasteiger partial charge in [-0.2, -0.15) is 0 Å². The van der Waals surface area contributed by atoms with Crippen LogP contribution >= 0.6 is 0 Å². The van der Waals surface area contributed by atoms with E-state index in [1.807, 2.05) is 24.4 Å². The first-order valence-electron chi connectivity index (χ1n) is 7.09. The monoisotopic (exact) mass is 271 g/mol. The molecule has 2 aromatic heterocycles. The average molecular weight is 271 g/mol. The van der Waals surface area contributed by atoms with Gasteiger partial charge in [0.25, 0.3) is 0 Å². The maximum absolute atomic E-state index is 5.69. The van der Waals surface area contributed by atoms with Crippen molar-refractivity contribution in [1.29, 1.82) is 0 Å². The molecule has 0 saturated carbocycles. The van der Waals surface area contributed by atoms with E-state index in [0.29, 0.717) is 13.2 Å². The van der Waals surface area contributed by atoms with E-state index in [-0.39, 0.29) is 0 Å². The molecule has 0 spiro atoms. The summed E-state index contributed by atoms with van der Waals surface area (Å²) in [5, 5.41) is 3.31. The Morgan fingerprint density at radius 2 is 1.90 bits per heavy atom. The van der Waals surface area contributed by atoms with Gasteiger partial charge in [-0.1, -0.05) is 19.9 Å². The molecule has 4 nitrogen and oxygen atoms in total. The van der Waals surface area contributed by atoms with Gasteiger partial charge in [-0.05, 0) is 36.6 Å². The van der Waals surface area contributed by atoms with E-state index >= 15 is 0 Å². The highest BCUT2D eigenvalue weighted by molar-refractivity contribution is 5.49. The summed E-state index contributed by atoms with van der Waals surface area (Å²) >= 11 is 0. The van der Waals surface area contributed by atoms with Crippen LogP contribution in [0.3, 0.4) is 0 Å². The molecule has 0 aromatic carbocycles. The summed E-state index contributed by atoms with van der Waals surface area (Å²) < 4.78 is 5.69. The first kappa shape index (κ1) is 14.3. The van der Waals surface area contributed by atoms with Crippen molar-refractivity contribution in [1.82, 2.24) is 9.97 Å². The van der Waals surface area contributed by atoms with Gasteiger partial charge in [0.15, 0.2) is 11.6 Å². The van der Waals surface area contributed by atoms with Crippen molar-refractivity contribution >= 4 is 5.82 Å². The third-order valence-electron chi connectivity index (χ3n) is 3.02. The molecule has 0 aliphatic carbocycles. The lowest BCUT2D eigenvalue weighted by molar-refractivity contribution is 0.318. The molecule has 0 atom stereocenters. The number of pyridine rings is 2. The fourth-order valence-corrected chi connectivity index (χ4v) is 1.97. The second-order valence-corrected chi connectivity index (χ2v) is 4.51. The number of nitrogens with zero attached hydrogens (tertiary/aromatic N) is 2. The van der Waals surface area contributed by atoms with Crippen LogP contribution in [0, 0.1) is 0 Å². The van der Waals surface area contributed by atoms with Gasteiger partial charge in [-0.3, -0.25) is 4.98 Å². The highest BCUT2D eigenvalue weighted by Gasteiger charge is 2.06. The van der Waals surface area contributed by atoms with Crippen molar-refractivity contribution in [3.8, 4) is 5.75 Å². The summed E-state index contributed by atoms with van der Waals surface area (Å²) in [6, 6.07) is 7.90. The highest BCUT2D eigenvalue weighted by Crippen LogP contribution is 2.21. The van der Waals surface area contributed by atoms with Gasteiger partial charge in [0.05, 0.1) is 18.8 Å². The van der Waals surface area contributed by atoms with Crippen LogP contribution in [0.4, 0.5) is 5.82 Å². The van der Waals surface area contributed by atoms with Crippen molar-refractivity contribution in [3.05, 3.63) is 47.9 Å². The predicted octanol–water partition coefficient (Wildman–Crippen LogP) is 3.44. The van der Waals surface area contributed by atoms with Crippen LogP contribution in [0.2, 0.25) is 0 Å². The zero-order valence-electron chi connectivity index (χ0n) is 12.1. The van der Waals surface area contributed by atoms with Gasteiger partial charge >= 0.3 is 0 Å². The van der Waals surface area contributed by atoms with Gasteiger partial charge in [0.1, 0.15) is 0 Å². The fourth-order valence-electron chi connectivity index (χ4n) is 1.97. The van der Waals surface area contributed by atoms with Crippen molar-refractivity contribution in [2.45, 2.75) is 33.2 Å². The van der Waals surface area contributed by atoms with Crippen LogP contribution in [0.1, 0.15) is 31.5 Å². The van der Waals surface area contributed by atoms with Crippen molar-refractivity contribution in [2.24, 2.45) is 0 Å². The zero-order chi connectivity index (χ0) is 14.2. The number of nitrogens with one attached hydrogen (secondary N) is 1. The molecule has 106 valence electrons. The lowest BCUT2D eigenvalue weighted by atomic mass is 10.1. The van der Waals surface area contributed by atoms with Crippen molar-refractivity contribution < 1.29 is 4.74 Å². The van der Waals surface area contributed by atoms with E-state index < -0.39 is 0 Å². The number of ether oxygens (including phenoxy) is 1. The fraction of sp³-hybridized carbons (Fsp3) is 0.375. The van der Waals surface area contributed by atoms with Crippen molar-refractivity contribution in [2.75, 3.05) is 11.9 Å². The van der Waals surface area contributed by atoms with Crippen LogP contribution in [-0.4, -0.2) is 16.6 Å². The Morgan fingerprint density at radius 1 is 1.10 bits per heavy atom. The maximum Gasteiger partial charge on any atom is 0.169 e. The summed E-state index contributed by atoms with van der Waals surface area (Å²) in [5.74, 6) is 1.57. The lowest BCUT2D eigenvalue weighted by Crippen LogP contribution is -2.08. The summed E-state index contributed by atoms with van der Waals surface area (Å²) in [7, 11) is 0. The molecule has 2 rings (SSSR count). The minimum absolute atomic E-state index is 0.656. The Balaban J connectivity index is 2.06. The van der Waals surface area contributed by atoms with Gasteiger partial charge in [0, 0.05) is 12.4 Å². The SMILES string of the molecule is CCCOc1cccnc1NCc1ncccc1CC. The van der Waals surface area contributed by atoms with Crippen LogP contribution in [0.15, 0.2) is 36.7 Å². The molecule has 1 N–H and O–H groups in total. The predicted molar refractivity (Wildman–Crippen MR) is 81.0 cm³/mol. The van der Waals surface area contributed by atoms with E-state index in [0.717, 1.165) is 30.1 Å². The van der Waals surface area contributed by atoms with E-state index in [9.17, 15) is 0 Å². The summed E-state index contributed by atoms with van der Waals surface area (Å²) in [6.07, 6.45) is 5.55. The second-order valence-electron chi connectivity index (χ2n) is 4.51. The van der Waals surface area contributed by atoms with Gasteiger partial charge < -0.3 is 10.1 Å². The van der Waals surface area contributed by atoms with Crippen LogP contribution in [0.5, 0.6) is 5.75 Å². The third-order valence-corrected chi connectivity index (χ3v) is 3.02. The molecule has 0 aliphatic heterocycles. The molecule has 0 fully saturated rings. The molecule has 20 heavy (non-hydrogen) atoms. The standard InChI is InChI=1S/C16H21N3O/c1-3-11-20-15-8-6-10-18-16(15)19-12-14-13(4-2)7-5-9-17-14/h5-10H,3-4,11-12H2,1-2H3,(H,18,19). The maximum atomic E-state index is 5.69. The summed E-state index contributed by atoms with van der Waals surface area (Å²) in [5.41, 5.74) is 2.31. The van der Waals surface area contributed by atoms with Gasteiger partial charge in [-0.25, -0.2) is 4.98 Å². The molecule has 0 radical (unpaired) electrons. The zero-order valence-corrected chi connectivity index (χ0v) is 12.1. The van der Waals surface area contributed by atoms with Crippen LogP contribution in [-0.2, 0) is 13.0 Å². The van der Waals surface area contributed by atoms with Crippen LogP contribution in [0.25, 0.3) is 0 Å². The van der Waals surface area contributed by atoms with Crippen molar-refractivity contribution in [3.63, 3.8) is 0 Å². The Morgan fingerprint density at radius 3 is 2.70 bits per heavy atom. The van der Waals surface area contributed by atoms with Gasteiger partial charge in [0.2, 0.25) is 0 Å². The highest BCUT2D eigenvalue weighted by atomic mass is 16.5. The molecular formula is C16H21N3O. The van der Waals surface area contributed by atoms with E-state index in [1.54, 1.807) is 6.20 Å². The molecule has 0 bridgehead atoms. The molecule has 4 heteroatoms. The second kappa shape index (κ2) is 7.48. The minimum Gasteiger partial charge on any atom is -0.490 e. The molecule has 2 aromatic rings. The number of hydrogen-bond acceptors (Lipinski definition) is 4. The third kappa shape index (κ3) is 3.70. The number of rotatable bonds is 7. The summed E-state index contributed by atoms with van der Waals surface area (Å²) in [4.78, 5) is 8.76. The first-order valence-corrected chi connectivity index (χ1v) is 7.09. The average Bonchev–Trinajstić information content (AvgIpc) is 2.52. The molecule has 2 heterocycles. The molecule has 0 unspecified atom stereocenters. The molecule has 0 aliphatic rings. The summed E-state index contributed by atoms with van der Waals surface area (Å²) in [6.45, 7) is 5.58. The molecular weight excluding hydrogens is 250 g/mol. The normalized spacial score (nSPS) is 10.3. The molecule has 0 saturated heterocycles. The van der Waals surface area contributed by atoms with E-state index in [2.05, 4.69) is 35.2 Å². The smallest absolute Gasteiger partial charge is 0.169 e. The largest absolute Gasteiger partial charge is 0.490 e. The first-order chi connectivity index (χ1) is 9.85. The molecule has 0 amide bonds. The van der Waals surface area contributed by atoms with E-state index in [4.69, 9.17) is 4.74 Å². The lowest BCUT2D eigenvalue weighted by Gasteiger charge is -2.12. The number of aryl methyl sites for hydroxylation is 1. The van der Waals surface area contributed by atoms with Gasteiger partial charge in [-0.15, -0.1) is 0 Å². The topological polar surface area (TPSA) is 47.0 Å². The Hall–Kier alpha value is -2.10. The Bertz CT molecular complexity index is 543. The number of aromatic nitrogens is 2. The minimum atomic E-state index is 0.656. The number of anilines is 1. The Labute approximate surface area is 120 Å². The quantitative estimate of drug-likeness (QED) is 0.838. The number of hydrogen-bond donors (Lipinski definition) is 1. The van der Waals surface area contributed by atoms with E-state index in [1.165, 1.54) is 5.56 Å². The van der Waals surface area contributed by atoms with Crippen LogP contribution < -0.4 is 10.1 Å². The Kier molecular flexibility index (Phi) is 5.35.